The van der Waals surface area contributed by atoms with Gasteiger partial charge in [-0.25, -0.2) is 4.79 Å². The Hall–Kier alpha value is -2.09. The number of likely N-dealkylation sites (tertiary alicyclic amines) is 1. The minimum absolute atomic E-state index is 0.0249. The van der Waals surface area contributed by atoms with Crippen molar-refractivity contribution in [2.45, 2.75) is 64.3 Å². The highest BCUT2D eigenvalue weighted by molar-refractivity contribution is 5.79. The molecule has 2 heterocycles. The van der Waals surface area contributed by atoms with Crippen LogP contribution < -0.4 is 5.32 Å². The molecule has 1 aromatic rings. The third-order valence-corrected chi connectivity index (χ3v) is 5.20. The SMILES string of the molecule is CC(C)(C)OC1CC(NC(=O)N2CCC(C)(C(=O)O)C2)C1n1cccn1. The molecule has 1 aliphatic carbocycles. The summed E-state index contributed by atoms with van der Waals surface area (Å²) in [6.07, 6.45) is 4.74. The van der Waals surface area contributed by atoms with Crippen LogP contribution in [0.25, 0.3) is 0 Å². The lowest BCUT2D eigenvalue weighted by atomic mass is 9.82. The molecule has 0 spiro atoms. The summed E-state index contributed by atoms with van der Waals surface area (Å²) >= 11 is 0. The Morgan fingerprint density at radius 2 is 2.12 bits per heavy atom. The average molecular weight is 364 g/mol. The molecular weight excluding hydrogens is 336 g/mol. The number of urea groups is 1. The van der Waals surface area contributed by atoms with Gasteiger partial charge in [-0.2, -0.15) is 5.10 Å². The fourth-order valence-corrected chi connectivity index (χ4v) is 3.68. The number of carboxylic acids is 1. The molecule has 4 atom stereocenters. The van der Waals surface area contributed by atoms with Gasteiger partial charge in [0.05, 0.1) is 29.2 Å². The Balaban J connectivity index is 1.64. The summed E-state index contributed by atoms with van der Waals surface area (Å²) in [5, 5.41) is 16.7. The van der Waals surface area contributed by atoms with Crippen LogP contribution in [0.1, 0.15) is 46.6 Å². The van der Waals surface area contributed by atoms with Crippen LogP contribution >= 0.6 is 0 Å². The van der Waals surface area contributed by atoms with Crippen LogP contribution in [0.4, 0.5) is 4.79 Å². The summed E-state index contributed by atoms with van der Waals surface area (Å²) in [4.78, 5) is 25.6. The second-order valence-electron chi connectivity index (χ2n) is 8.57. The lowest BCUT2D eigenvalue weighted by Gasteiger charge is -2.47. The van der Waals surface area contributed by atoms with Crippen LogP contribution in [-0.2, 0) is 9.53 Å². The van der Waals surface area contributed by atoms with Gasteiger partial charge in [0, 0.05) is 25.5 Å². The maximum atomic E-state index is 12.6. The van der Waals surface area contributed by atoms with E-state index in [1.807, 2.05) is 37.7 Å². The van der Waals surface area contributed by atoms with Crippen molar-refractivity contribution in [3.8, 4) is 0 Å². The van der Waals surface area contributed by atoms with E-state index in [0.717, 1.165) is 0 Å². The highest BCUT2D eigenvalue weighted by Crippen LogP contribution is 2.38. The maximum Gasteiger partial charge on any atom is 0.317 e. The third-order valence-electron chi connectivity index (χ3n) is 5.20. The molecule has 1 saturated carbocycles. The summed E-state index contributed by atoms with van der Waals surface area (Å²) in [7, 11) is 0. The number of carbonyl (C=O) groups excluding carboxylic acids is 1. The number of rotatable bonds is 4. The van der Waals surface area contributed by atoms with Crippen LogP contribution in [0.15, 0.2) is 18.5 Å². The van der Waals surface area contributed by atoms with Crippen molar-refractivity contribution in [2.24, 2.45) is 5.41 Å². The zero-order valence-corrected chi connectivity index (χ0v) is 15.8. The molecule has 144 valence electrons. The van der Waals surface area contributed by atoms with Gasteiger partial charge in [0.2, 0.25) is 0 Å². The van der Waals surface area contributed by atoms with Gasteiger partial charge < -0.3 is 20.1 Å². The second-order valence-corrected chi connectivity index (χ2v) is 8.57. The van der Waals surface area contributed by atoms with Gasteiger partial charge >= 0.3 is 12.0 Å². The number of hydrogen-bond acceptors (Lipinski definition) is 4. The van der Waals surface area contributed by atoms with Crippen LogP contribution in [-0.4, -0.2) is 62.6 Å². The molecule has 3 rings (SSSR count). The van der Waals surface area contributed by atoms with Crippen molar-refractivity contribution in [1.82, 2.24) is 20.0 Å². The molecule has 26 heavy (non-hydrogen) atoms. The quantitative estimate of drug-likeness (QED) is 0.850. The molecule has 4 unspecified atom stereocenters. The summed E-state index contributed by atoms with van der Waals surface area (Å²) in [6, 6.07) is 1.48. The first kappa shape index (κ1) is 18.7. The molecule has 2 fully saturated rings. The Morgan fingerprint density at radius 1 is 1.38 bits per heavy atom. The van der Waals surface area contributed by atoms with Crippen molar-refractivity contribution in [3.05, 3.63) is 18.5 Å². The van der Waals surface area contributed by atoms with Gasteiger partial charge in [0.15, 0.2) is 0 Å². The van der Waals surface area contributed by atoms with Crippen LogP contribution in [0, 0.1) is 5.41 Å². The third kappa shape index (κ3) is 3.70. The molecule has 2 N–H and O–H groups in total. The summed E-state index contributed by atoms with van der Waals surface area (Å²) < 4.78 is 7.94. The molecule has 2 aliphatic rings. The standard InChI is InChI=1S/C18H28N4O4/c1-17(2,3)26-13-10-12(14(13)22-8-5-7-19-22)20-16(25)21-9-6-18(4,11-21)15(23)24/h5,7-8,12-14H,6,9-11H2,1-4H3,(H,20,25)(H,23,24). The number of aliphatic carboxylic acids is 1. The van der Waals surface area contributed by atoms with E-state index in [9.17, 15) is 14.7 Å². The first-order chi connectivity index (χ1) is 12.1. The Bertz CT molecular complexity index is 669. The van der Waals surface area contributed by atoms with E-state index in [0.29, 0.717) is 19.4 Å². The number of hydrogen-bond donors (Lipinski definition) is 2. The minimum Gasteiger partial charge on any atom is -0.481 e. The predicted molar refractivity (Wildman–Crippen MR) is 94.8 cm³/mol. The lowest BCUT2D eigenvalue weighted by Crippen LogP contribution is -2.60. The summed E-state index contributed by atoms with van der Waals surface area (Å²) in [6.45, 7) is 8.40. The van der Waals surface area contributed by atoms with E-state index in [1.165, 1.54) is 0 Å². The van der Waals surface area contributed by atoms with E-state index in [1.54, 1.807) is 18.0 Å². The number of aromatic nitrogens is 2. The summed E-state index contributed by atoms with van der Waals surface area (Å²) in [5.41, 5.74) is -1.14. The van der Waals surface area contributed by atoms with Gasteiger partial charge in [-0.15, -0.1) is 0 Å². The number of nitrogens with zero attached hydrogens (tertiary/aromatic N) is 3. The highest BCUT2D eigenvalue weighted by Gasteiger charge is 2.48. The second kappa shape index (κ2) is 6.57. The predicted octanol–water partition coefficient (Wildman–Crippen LogP) is 1.89. The number of carboxylic acid groups (broad SMARTS) is 1. The molecule has 8 heteroatoms. The van der Waals surface area contributed by atoms with Crippen molar-refractivity contribution >= 4 is 12.0 Å². The molecule has 1 aromatic heterocycles. The van der Waals surface area contributed by atoms with Crippen molar-refractivity contribution in [2.75, 3.05) is 13.1 Å². The van der Waals surface area contributed by atoms with Crippen molar-refractivity contribution in [3.63, 3.8) is 0 Å². The first-order valence-electron chi connectivity index (χ1n) is 9.05. The average Bonchev–Trinajstić information content (AvgIpc) is 3.15. The van der Waals surface area contributed by atoms with Gasteiger partial charge in [0.1, 0.15) is 0 Å². The Morgan fingerprint density at radius 3 is 2.65 bits per heavy atom. The van der Waals surface area contributed by atoms with Crippen LogP contribution in [0.3, 0.4) is 0 Å². The number of ether oxygens (including phenoxy) is 1. The molecule has 8 nitrogen and oxygen atoms in total. The van der Waals surface area contributed by atoms with Crippen molar-refractivity contribution in [1.29, 1.82) is 0 Å². The van der Waals surface area contributed by atoms with Gasteiger partial charge in [-0.1, -0.05) is 0 Å². The van der Waals surface area contributed by atoms with Gasteiger partial charge in [0.25, 0.3) is 0 Å². The zero-order valence-electron chi connectivity index (χ0n) is 15.8. The normalized spacial score (nSPS) is 31.5. The number of carbonyl (C=O) groups is 2. The number of amides is 2. The Kier molecular flexibility index (Phi) is 4.72. The van der Waals surface area contributed by atoms with Gasteiger partial charge in [-0.05, 0) is 46.6 Å². The monoisotopic (exact) mass is 364 g/mol. The highest BCUT2D eigenvalue weighted by atomic mass is 16.5. The molecule has 1 saturated heterocycles. The largest absolute Gasteiger partial charge is 0.481 e. The molecular formula is C18H28N4O4. The minimum atomic E-state index is -0.865. The van der Waals surface area contributed by atoms with Crippen LogP contribution in [0.2, 0.25) is 0 Å². The first-order valence-corrected chi connectivity index (χ1v) is 9.05. The lowest BCUT2D eigenvalue weighted by molar-refractivity contribution is -0.147. The topological polar surface area (TPSA) is 96.7 Å². The molecule has 1 aliphatic heterocycles. The van der Waals surface area contributed by atoms with Crippen LogP contribution in [0.5, 0.6) is 0 Å². The summed E-state index contributed by atoms with van der Waals surface area (Å²) in [5.74, 6) is -0.857. The molecule has 0 radical (unpaired) electrons. The van der Waals surface area contributed by atoms with Gasteiger partial charge in [-0.3, -0.25) is 9.48 Å². The molecule has 2 amide bonds. The van der Waals surface area contributed by atoms with E-state index in [2.05, 4.69) is 10.4 Å². The van der Waals surface area contributed by atoms with E-state index in [-0.39, 0.29) is 36.4 Å². The van der Waals surface area contributed by atoms with E-state index < -0.39 is 11.4 Å². The zero-order chi connectivity index (χ0) is 19.1. The fourth-order valence-electron chi connectivity index (χ4n) is 3.68. The molecule has 0 aromatic carbocycles. The Labute approximate surface area is 153 Å². The van der Waals surface area contributed by atoms with E-state index in [4.69, 9.17) is 4.74 Å². The fraction of sp³-hybridized carbons (Fsp3) is 0.722. The smallest absolute Gasteiger partial charge is 0.317 e. The van der Waals surface area contributed by atoms with E-state index >= 15 is 0 Å². The molecule has 0 bridgehead atoms. The maximum absolute atomic E-state index is 12.6. The van der Waals surface area contributed by atoms with Crippen molar-refractivity contribution < 1.29 is 19.4 Å². The number of nitrogens with one attached hydrogen (secondary N) is 1.